The lowest BCUT2D eigenvalue weighted by atomic mass is 10.0. The van der Waals surface area contributed by atoms with Crippen molar-refractivity contribution in [3.63, 3.8) is 0 Å². The molecular weight excluding hydrogens is 214 g/mol. The summed E-state index contributed by atoms with van der Waals surface area (Å²) in [5.41, 5.74) is 0.340. The molecule has 1 aliphatic rings. The van der Waals surface area contributed by atoms with Gasteiger partial charge in [0.15, 0.2) is 0 Å². The molecule has 2 rings (SSSR count). The van der Waals surface area contributed by atoms with Crippen LogP contribution >= 0.6 is 0 Å². The van der Waals surface area contributed by atoms with Gasteiger partial charge in [0.25, 0.3) is 0 Å². The molecule has 3 nitrogen and oxygen atoms in total. The molecule has 0 bridgehead atoms. The molecule has 3 heteroatoms. The average Bonchev–Trinajstić information content (AvgIpc) is 2.74. The quantitative estimate of drug-likeness (QED) is 0.751. The third kappa shape index (κ3) is 2.99. The predicted molar refractivity (Wildman–Crippen MR) is 67.9 cm³/mol. The van der Waals surface area contributed by atoms with Gasteiger partial charge in [-0.05, 0) is 25.8 Å². The lowest BCUT2D eigenvalue weighted by Crippen LogP contribution is -2.39. The molecule has 3 N–H and O–H groups in total. The molecule has 1 unspecified atom stereocenters. The second-order valence-electron chi connectivity index (χ2n) is 5.09. The standard InChI is InChI=1S/C14H21NO2/c1-11(12-6-2-3-7-13(12)16)15-10-14(17)8-4-5-9-14/h2-3,6-7,11,15-17H,4-5,8-10H2,1H3. The van der Waals surface area contributed by atoms with Crippen molar-refractivity contribution in [2.75, 3.05) is 6.54 Å². The third-order valence-electron chi connectivity index (χ3n) is 3.67. The van der Waals surface area contributed by atoms with Gasteiger partial charge in [-0.25, -0.2) is 0 Å². The summed E-state index contributed by atoms with van der Waals surface area (Å²) in [7, 11) is 0. The first-order valence-electron chi connectivity index (χ1n) is 6.34. The van der Waals surface area contributed by atoms with Crippen molar-refractivity contribution >= 4 is 0 Å². The molecule has 1 aliphatic carbocycles. The van der Waals surface area contributed by atoms with E-state index in [-0.39, 0.29) is 6.04 Å². The predicted octanol–water partition coefficient (Wildman–Crippen LogP) is 2.35. The van der Waals surface area contributed by atoms with Crippen LogP contribution in [0.5, 0.6) is 5.75 Å². The largest absolute Gasteiger partial charge is 0.508 e. The summed E-state index contributed by atoms with van der Waals surface area (Å²) in [5, 5.41) is 23.3. The number of rotatable bonds is 4. The van der Waals surface area contributed by atoms with Gasteiger partial charge < -0.3 is 15.5 Å². The molecule has 0 radical (unpaired) electrons. The number of para-hydroxylation sites is 1. The summed E-state index contributed by atoms with van der Waals surface area (Å²) in [5.74, 6) is 0.311. The van der Waals surface area contributed by atoms with Crippen LogP contribution in [0.4, 0.5) is 0 Å². The van der Waals surface area contributed by atoms with Crippen LogP contribution in [0.3, 0.4) is 0 Å². The fourth-order valence-corrected chi connectivity index (χ4v) is 2.52. The molecule has 0 amide bonds. The Hall–Kier alpha value is -1.06. The summed E-state index contributed by atoms with van der Waals surface area (Å²) < 4.78 is 0. The highest BCUT2D eigenvalue weighted by Crippen LogP contribution is 2.30. The molecule has 0 saturated heterocycles. The number of hydrogen-bond acceptors (Lipinski definition) is 3. The first-order valence-corrected chi connectivity index (χ1v) is 6.34. The van der Waals surface area contributed by atoms with Gasteiger partial charge in [-0.15, -0.1) is 0 Å². The van der Waals surface area contributed by atoms with E-state index in [9.17, 15) is 10.2 Å². The van der Waals surface area contributed by atoms with Crippen molar-refractivity contribution in [1.82, 2.24) is 5.32 Å². The van der Waals surface area contributed by atoms with Crippen LogP contribution in [0.15, 0.2) is 24.3 Å². The van der Waals surface area contributed by atoms with Crippen molar-refractivity contribution in [1.29, 1.82) is 0 Å². The fraction of sp³-hybridized carbons (Fsp3) is 0.571. The molecule has 0 heterocycles. The van der Waals surface area contributed by atoms with Crippen LogP contribution in [0.1, 0.15) is 44.2 Å². The lowest BCUT2D eigenvalue weighted by Gasteiger charge is -2.25. The first kappa shape index (κ1) is 12.4. The van der Waals surface area contributed by atoms with E-state index in [2.05, 4.69) is 5.32 Å². The smallest absolute Gasteiger partial charge is 0.120 e. The van der Waals surface area contributed by atoms with Gasteiger partial charge >= 0.3 is 0 Å². The maximum absolute atomic E-state index is 10.2. The maximum atomic E-state index is 10.2. The van der Waals surface area contributed by atoms with Crippen molar-refractivity contribution in [2.24, 2.45) is 0 Å². The van der Waals surface area contributed by atoms with E-state index in [0.717, 1.165) is 31.2 Å². The Morgan fingerprint density at radius 2 is 1.94 bits per heavy atom. The highest BCUT2D eigenvalue weighted by molar-refractivity contribution is 5.34. The van der Waals surface area contributed by atoms with E-state index < -0.39 is 5.60 Å². The molecule has 1 fully saturated rings. The summed E-state index contributed by atoms with van der Waals surface area (Å²) >= 11 is 0. The molecule has 1 atom stereocenters. The van der Waals surface area contributed by atoms with Crippen molar-refractivity contribution in [3.05, 3.63) is 29.8 Å². The number of phenols is 1. The van der Waals surface area contributed by atoms with Crippen molar-refractivity contribution in [2.45, 2.75) is 44.2 Å². The molecule has 17 heavy (non-hydrogen) atoms. The summed E-state index contributed by atoms with van der Waals surface area (Å²) in [6.45, 7) is 2.61. The van der Waals surface area contributed by atoms with E-state index >= 15 is 0 Å². The Morgan fingerprint density at radius 1 is 1.29 bits per heavy atom. The van der Waals surface area contributed by atoms with Crippen LogP contribution in [-0.4, -0.2) is 22.4 Å². The summed E-state index contributed by atoms with van der Waals surface area (Å²) in [4.78, 5) is 0. The minimum absolute atomic E-state index is 0.0563. The Labute approximate surface area is 102 Å². The monoisotopic (exact) mass is 235 g/mol. The van der Waals surface area contributed by atoms with E-state index in [0.29, 0.717) is 12.3 Å². The highest BCUT2D eigenvalue weighted by Gasteiger charge is 2.31. The van der Waals surface area contributed by atoms with Crippen molar-refractivity contribution < 1.29 is 10.2 Å². The van der Waals surface area contributed by atoms with Crippen LogP contribution in [0.25, 0.3) is 0 Å². The van der Waals surface area contributed by atoms with Gasteiger partial charge in [0.1, 0.15) is 5.75 Å². The number of benzene rings is 1. The molecular formula is C14H21NO2. The van der Waals surface area contributed by atoms with Gasteiger partial charge in [0.05, 0.1) is 5.60 Å². The van der Waals surface area contributed by atoms with E-state index in [1.165, 1.54) is 0 Å². The highest BCUT2D eigenvalue weighted by atomic mass is 16.3. The van der Waals surface area contributed by atoms with E-state index in [1.54, 1.807) is 6.07 Å². The second-order valence-corrected chi connectivity index (χ2v) is 5.09. The molecule has 0 aliphatic heterocycles. The van der Waals surface area contributed by atoms with Gasteiger partial charge in [-0.2, -0.15) is 0 Å². The van der Waals surface area contributed by atoms with Gasteiger partial charge in [-0.1, -0.05) is 31.0 Å². The Morgan fingerprint density at radius 3 is 2.59 bits per heavy atom. The van der Waals surface area contributed by atoms with Crippen molar-refractivity contribution in [3.8, 4) is 5.75 Å². The normalized spacial score (nSPS) is 20.4. The zero-order valence-corrected chi connectivity index (χ0v) is 10.3. The molecule has 94 valence electrons. The Balaban J connectivity index is 1.93. The second kappa shape index (κ2) is 5.07. The molecule has 1 aromatic carbocycles. The third-order valence-corrected chi connectivity index (χ3v) is 3.67. The zero-order chi connectivity index (χ0) is 12.3. The summed E-state index contributed by atoms with van der Waals surface area (Å²) in [6, 6.07) is 7.39. The number of nitrogens with one attached hydrogen (secondary N) is 1. The molecule has 1 aromatic rings. The van der Waals surface area contributed by atoms with Crippen LogP contribution in [-0.2, 0) is 0 Å². The fourth-order valence-electron chi connectivity index (χ4n) is 2.52. The number of aromatic hydroxyl groups is 1. The molecule has 0 spiro atoms. The molecule has 1 saturated carbocycles. The van der Waals surface area contributed by atoms with E-state index in [1.807, 2.05) is 25.1 Å². The lowest BCUT2D eigenvalue weighted by molar-refractivity contribution is 0.0452. The number of aliphatic hydroxyl groups is 1. The minimum Gasteiger partial charge on any atom is -0.508 e. The Bertz CT molecular complexity index is 372. The van der Waals surface area contributed by atoms with Crippen LogP contribution in [0.2, 0.25) is 0 Å². The van der Waals surface area contributed by atoms with Gasteiger partial charge in [0, 0.05) is 18.2 Å². The molecule has 0 aromatic heterocycles. The van der Waals surface area contributed by atoms with E-state index in [4.69, 9.17) is 0 Å². The van der Waals surface area contributed by atoms with Gasteiger partial charge in [0.2, 0.25) is 0 Å². The maximum Gasteiger partial charge on any atom is 0.120 e. The summed E-state index contributed by atoms with van der Waals surface area (Å²) in [6.07, 6.45) is 3.99. The van der Waals surface area contributed by atoms with Crippen LogP contribution < -0.4 is 5.32 Å². The average molecular weight is 235 g/mol. The SMILES string of the molecule is CC(NCC1(O)CCCC1)c1ccccc1O. The van der Waals surface area contributed by atoms with Crippen LogP contribution in [0, 0.1) is 0 Å². The zero-order valence-electron chi connectivity index (χ0n) is 10.3. The Kier molecular flexibility index (Phi) is 3.69. The number of phenolic OH excluding ortho intramolecular Hbond substituents is 1. The first-order chi connectivity index (χ1) is 8.11. The minimum atomic E-state index is -0.543. The topological polar surface area (TPSA) is 52.5 Å². The van der Waals surface area contributed by atoms with Gasteiger partial charge in [-0.3, -0.25) is 0 Å². The number of hydrogen-bond donors (Lipinski definition) is 3.